The number of nitrogens with zero attached hydrogens (tertiary/aromatic N) is 1. The number of ether oxygens (including phenoxy) is 3. The third kappa shape index (κ3) is 6.56. The van der Waals surface area contributed by atoms with Gasteiger partial charge in [0.1, 0.15) is 24.1 Å². The van der Waals surface area contributed by atoms with Crippen LogP contribution < -0.4 is 14.8 Å². The first kappa shape index (κ1) is 22.3. The Labute approximate surface area is 181 Å². The summed E-state index contributed by atoms with van der Waals surface area (Å²) in [6, 6.07) is 13.3. The zero-order chi connectivity index (χ0) is 22.1. The predicted octanol–water partition coefficient (Wildman–Crippen LogP) is 4.01. The quantitative estimate of drug-likeness (QED) is 0.486. The lowest BCUT2D eigenvalue weighted by atomic mass is 10.1. The first-order chi connectivity index (χ1) is 15.1. The topological polar surface area (TPSA) is 80.6 Å². The lowest BCUT2D eigenvalue weighted by molar-refractivity contribution is -0.117. The highest BCUT2D eigenvalue weighted by Gasteiger charge is 2.18. The Morgan fingerprint density at radius 1 is 1.29 bits per heavy atom. The lowest BCUT2D eigenvalue weighted by Crippen LogP contribution is -2.32. The average Bonchev–Trinajstić information content (AvgIpc) is 3.29. The van der Waals surface area contributed by atoms with Crippen molar-refractivity contribution in [1.29, 1.82) is 5.26 Å². The fourth-order valence-corrected chi connectivity index (χ4v) is 3.21. The molecule has 0 saturated carbocycles. The molecule has 0 radical (unpaired) electrons. The van der Waals surface area contributed by atoms with Gasteiger partial charge in [-0.2, -0.15) is 5.26 Å². The van der Waals surface area contributed by atoms with Gasteiger partial charge >= 0.3 is 0 Å². The van der Waals surface area contributed by atoms with Crippen LogP contribution in [0.4, 0.5) is 4.39 Å². The molecule has 2 aromatic rings. The minimum atomic E-state index is -0.442. The molecule has 1 fully saturated rings. The second-order valence-corrected chi connectivity index (χ2v) is 7.07. The van der Waals surface area contributed by atoms with Crippen LogP contribution in [-0.2, 0) is 16.1 Å². The molecule has 0 bridgehead atoms. The normalized spacial score (nSPS) is 15.9. The third-order valence-corrected chi connectivity index (χ3v) is 4.74. The summed E-state index contributed by atoms with van der Waals surface area (Å²) >= 11 is 0. The van der Waals surface area contributed by atoms with Crippen molar-refractivity contribution < 1.29 is 23.4 Å². The van der Waals surface area contributed by atoms with Crippen LogP contribution >= 0.6 is 0 Å². The van der Waals surface area contributed by atoms with Gasteiger partial charge in [-0.1, -0.05) is 18.2 Å². The van der Waals surface area contributed by atoms with Gasteiger partial charge in [-0.3, -0.25) is 4.79 Å². The molecule has 162 valence electrons. The minimum absolute atomic E-state index is 0.00275. The second kappa shape index (κ2) is 11.1. The smallest absolute Gasteiger partial charge is 0.262 e. The summed E-state index contributed by atoms with van der Waals surface area (Å²) in [6.07, 6.45) is 3.39. The van der Waals surface area contributed by atoms with Crippen molar-refractivity contribution in [2.45, 2.75) is 32.5 Å². The Morgan fingerprint density at radius 2 is 2.16 bits per heavy atom. The van der Waals surface area contributed by atoms with Gasteiger partial charge in [0, 0.05) is 13.2 Å². The number of benzene rings is 2. The number of hydrogen-bond acceptors (Lipinski definition) is 5. The SMILES string of the molecule is CCOc1cc(/C=C(/C#N)C(=O)NCC2CCCO2)ccc1OCc1cccc(F)c1. The van der Waals surface area contributed by atoms with Crippen LogP contribution in [0.1, 0.15) is 30.9 Å². The lowest BCUT2D eigenvalue weighted by Gasteiger charge is -2.13. The Hall–Kier alpha value is -3.37. The number of amides is 1. The van der Waals surface area contributed by atoms with E-state index in [-0.39, 0.29) is 24.1 Å². The maximum atomic E-state index is 13.4. The van der Waals surface area contributed by atoms with E-state index in [4.69, 9.17) is 14.2 Å². The number of carbonyl (C=O) groups excluding carboxylic acids is 1. The van der Waals surface area contributed by atoms with Crippen LogP contribution in [0, 0.1) is 17.1 Å². The van der Waals surface area contributed by atoms with Crippen molar-refractivity contribution in [2.24, 2.45) is 0 Å². The first-order valence-electron chi connectivity index (χ1n) is 10.2. The number of carbonyl (C=O) groups is 1. The zero-order valence-electron chi connectivity index (χ0n) is 17.4. The third-order valence-electron chi connectivity index (χ3n) is 4.74. The molecule has 1 atom stereocenters. The molecule has 0 aromatic heterocycles. The Morgan fingerprint density at radius 3 is 2.87 bits per heavy atom. The maximum absolute atomic E-state index is 13.4. The van der Waals surface area contributed by atoms with E-state index in [1.54, 1.807) is 30.3 Å². The van der Waals surface area contributed by atoms with E-state index in [1.165, 1.54) is 18.2 Å². The molecular weight excluding hydrogens is 399 g/mol. The van der Waals surface area contributed by atoms with E-state index < -0.39 is 5.91 Å². The molecule has 7 heteroatoms. The van der Waals surface area contributed by atoms with Crippen molar-refractivity contribution >= 4 is 12.0 Å². The Kier molecular flexibility index (Phi) is 8.02. The summed E-state index contributed by atoms with van der Waals surface area (Å²) in [7, 11) is 0. The first-order valence-corrected chi connectivity index (χ1v) is 10.2. The van der Waals surface area contributed by atoms with E-state index in [2.05, 4.69) is 5.32 Å². The summed E-state index contributed by atoms with van der Waals surface area (Å²) in [5.41, 5.74) is 1.32. The molecule has 1 amide bonds. The molecule has 0 aliphatic carbocycles. The molecule has 0 spiro atoms. The van der Waals surface area contributed by atoms with Crippen molar-refractivity contribution in [3.63, 3.8) is 0 Å². The van der Waals surface area contributed by atoms with Gasteiger partial charge in [0.2, 0.25) is 0 Å². The fourth-order valence-electron chi connectivity index (χ4n) is 3.21. The van der Waals surface area contributed by atoms with Gasteiger partial charge in [0.25, 0.3) is 5.91 Å². The summed E-state index contributed by atoms with van der Waals surface area (Å²) in [4.78, 5) is 12.4. The van der Waals surface area contributed by atoms with Crippen LogP contribution in [0.25, 0.3) is 6.08 Å². The molecule has 2 aromatic carbocycles. The summed E-state index contributed by atoms with van der Waals surface area (Å²) in [5, 5.41) is 12.2. The van der Waals surface area contributed by atoms with Gasteiger partial charge in [0.15, 0.2) is 11.5 Å². The highest BCUT2D eigenvalue weighted by atomic mass is 19.1. The van der Waals surface area contributed by atoms with Crippen molar-refractivity contribution in [3.8, 4) is 17.6 Å². The van der Waals surface area contributed by atoms with Crippen LogP contribution in [0.5, 0.6) is 11.5 Å². The van der Waals surface area contributed by atoms with Gasteiger partial charge in [-0.25, -0.2) is 4.39 Å². The number of nitriles is 1. The Bertz CT molecular complexity index is 978. The van der Waals surface area contributed by atoms with E-state index in [9.17, 15) is 14.4 Å². The monoisotopic (exact) mass is 424 g/mol. The molecular formula is C24H25FN2O4. The molecule has 1 N–H and O–H groups in total. The molecule has 1 heterocycles. The predicted molar refractivity (Wildman–Crippen MR) is 114 cm³/mol. The van der Waals surface area contributed by atoms with Crippen LogP contribution in [0.3, 0.4) is 0 Å². The standard InChI is InChI=1S/C24H25FN2O4/c1-2-29-23-13-17(8-9-22(23)31-16-18-5-3-6-20(25)12-18)11-19(14-26)24(28)27-15-21-7-4-10-30-21/h3,5-6,8-9,11-13,21H,2,4,7,10,15-16H2,1H3,(H,27,28)/b19-11-. The largest absolute Gasteiger partial charge is 0.490 e. The highest BCUT2D eigenvalue weighted by Crippen LogP contribution is 2.30. The van der Waals surface area contributed by atoms with Gasteiger partial charge in [-0.15, -0.1) is 0 Å². The number of nitrogens with one attached hydrogen (secondary N) is 1. The zero-order valence-corrected chi connectivity index (χ0v) is 17.4. The van der Waals surface area contributed by atoms with Crippen LogP contribution in [0.2, 0.25) is 0 Å². The molecule has 31 heavy (non-hydrogen) atoms. The van der Waals surface area contributed by atoms with E-state index >= 15 is 0 Å². The summed E-state index contributed by atoms with van der Waals surface area (Å²) in [6.45, 7) is 3.53. The Balaban J connectivity index is 1.70. The molecule has 6 nitrogen and oxygen atoms in total. The van der Waals surface area contributed by atoms with Gasteiger partial charge in [-0.05, 0) is 61.2 Å². The van der Waals surface area contributed by atoms with Crippen molar-refractivity contribution in [3.05, 3.63) is 65.0 Å². The molecule has 1 saturated heterocycles. The van der Waals surface area contributed by atoms with E-state index in [0.717, 1.165) is 12.8 Å². The van der Waals surface area contributed by atoms with Gasteiger partial charge in [0.05, 0.1) is 12.7 Å². The molecule has 1 aliphatic heterocycles. The molecule has 1 aliphatic rings. The maximum Gasteiger partial charge on any atom is 0.262 e. The van der Waals surface area contributed by atoms with Gasteiger partial charge < -0.3 is 19.5 Å². The molecule has 1 unspecified atom stereocenters. The van der Waals surface area contributed by atoms with Crippen LogP contribution in [-0.4, -0.2) is 31.8 Å². The average molecular weight is 424 g/mol. The number of hydrogen-bond donors (Lipinski definition) is 1. The van der Waals surface area contributed by atoms with E-state index in [0.29, 0.717) is 42.4 Å². The summed E-state index contributed by atoms with van der Waals surface area (Å²) < 4.78 is 30.3. The van der Waals surface area contributed by atoms with E-state index in [1.807, 2.05) is 13.0 Å². The summed E-state index contributed by atoms with van der Waals surface area (Å²) in [5.74, 6) is 0.199. The second-order valence-electron chi connectivity index (χ2n) is 7.07. The minimum Gasteiger partial charge on any atom is -0.490 e. The van der Waals surface area contributed by atoms with Crippen molar-refractivity contribution in [2.75, 3.05) is 19.8 Å². The van der Waals surface area contributed by atoms with Crippen molar-refractivity contribution in [1.82, 2.24) is 5.32 Å². The number of halogens is 1. The fraction of sp³-hybridized carbons (Fsp3) is 0.333. The molecule has 3 rings (SSSR count). The van der Waals surface area contributed by atoms with Crippen LogP contribution in [0.15, 0.2) is 48.0 Å². The number of rotatable bonds is 9. The highest BCUT2D eigenvalue weighted by molar-refractivity contribution is 6.01.